The van der Waals surface area contributed by atoms with Gasteiger partial charge in [-0.1, -0.05) is 63.5 Å². The van der Waals surface area contributed by atoms with E-state index in [1.807, 2.05) is 0 Å². The van der Waals surface area contributed by atoms with E-state index in [-0.39, 0.29) is 0 Å². The maximum Gasteiger partial charge on any atom is 0.0809 e. The minimum absolute atomic E-state index is 0.469. The van der Waals surface area contributed by atoms with Crippen LogP contribution in [-0.2, 0) is 0 Å². The predicted molar refractivity (Wildman–Crippen MR) is 109 cm³/mol. The number of aliphatic hydroxyl groups excluding tert-OH is 2. The Morgan fingerprint density at radius 3 is 2.54 bits per heavy atom. The van der Waals surface area contributed by atoms with Crippen molar-refractivity contribution in [1.29, 1.82) is 0 Å². The Labute approximate surface area is 160 Å². The van der Waals surface area contributed by atoms with Gasteiger partial charge in [0.15, 0.2) is 0 Å². The highest BCUT2D eigenvalue weighted by molar-refractivity contribution is 5.29. The van der Waals surface area contributed by atoms with Gasteiger partial charge in [-0.15, -0.1) is 0 Å². The summed E-state index contributed by atoms with van der Waals surface area (Å²) >= 11 is 0. The lowest BCUT2D eigenvalue weighted by molar-refractivity contribution is 0.0940. The highest BCUT2D eigenvalue weighted by atomic mass is 16.3. The van der Waals surface area contributed by atoms with Gasteiger partial charge in [-0.2, -0.15) is 0 Å². The average molecular weight is 359 g/mol. The molecule has 3 rings (SSSR count). The summed E-state index contributed by atoms with van der Waals surface area (Å²) in [5.74, 6) is 2.43. The maximum absolute atomic E-state index is 10.1. The van der Waals surface area contributed by atoms with Crippen LogP contribution in [0.15, 0.2) is 35.5 Å². The molecule has 0 radical (unpaired) electrons. The molecule has 0 spiro atoms. The molecule has 2 N–H and O–H groups in total. The third kappa shape index (κ3) is 3.73. The van der Waals surface area contributed by atoms with Crippen molar-refractivity contribution < 1.29 is 10.2 Å². The third-order valence-electron chi connectivity index (χ3n) is 7.77. The van der Waals surface area contributed by atoms with Gasteiger partial charge in [0.1, 0.15) is 0 Å². The van der Waals surface area contributed by atoms with E-state index < -0.39 is 12.2 Å². The maximum atomic E-state index is 10.1. The van der Waals surface area contributed by atoms with Crippen molar-refractivity contribution in [3.05, 3.63) is 35.5 Å². The van der Waals surface area contributed by atoms with Crippen LogP contribution in [0.1, 0.15) is 78.6 Å². The van der Waals surface area contributed by atoms with Crippen LogP contribution >= 0.6 is 0 Å². The molecule has 3 fully saturated rings. The van der Waals surface area contributed by atoms with Crippen LogP contribution in [0.3, 0.4) is 0 Å². The molecule has 0 aromatic carbocycles. The zero-order valence-electron chi connectivity index (χ0n) is 17.0. The third-order valence-corrected chi connectivity index (χ3v) is 7.77. The molecule has 3 saturated carbocycles. The number of rotatable bonds is 4. The fraction of sp³-hybridized carbons (Fsp3) is 0.750. The van der Waals surface area contributed by atoms with Gasteiger partial charge in [-0.3, -0.25) is 0 Å². The lowest BCUT2D eigenvalue weighted by atomic mass is 9.61. The van der Waals surface area contributed by atoms with Crippen LogP contribution in [0.5, 0.6) is 0 Å². The fourth-order valence-corrected chi connectivity index (χ4v) is 6.30. The van der Waals surface area contributed by atoms with Gasteiger partial charge in [-0.05, 0) is 73.7 Å². The van der Waals surface area contributed by atoms with Gasteiger partial charge in [-0.25, -0.2) is 0 Å². The Kier molecular flexibility index (Phi) is 6.14. The van der Waals surface area contributed by atoms with Gasteiger partial charge in [0.2, 0.25) is 0 Å². The first kappa shape index (κ1) is 19.9. The van der Waals surface area contributed by atoms with Crippen LogP contribution in [0, 0.1) is 23.2 Å². The summed E-state index contributed by atoms with van der Waals surface area (Å²) in [5.41, 5.74) is 3.82. The molecular formula is C24H38O2. The van der Waals surface area contributed by atoms with Crippen molar-refractivity contribution in [3.8, 4) is 0 Å². The lowest BCUT2D eigenvalue weighted by Crippen LogP contribution is -2.36. The molecule has 0 amide bonds. The zero-order valence-corrected chi connectivity index (χ0v) is 17.0. The molecule has 0 aliphatic heterocycles. The second kappa shape index (κ2) is 8.02. The zero-order chi connectivity index (χ0) is 18.9. The van der Waals surface area contributed by atoms with Crippen molar-refractivity contribution in [3.63, 3.8) is 0 Å². The molecule has 2 nitrogen and oxygen atoms in total. The predicted octanol–water partition coefficient (Wildman–Crippen LogP) is 5.56. The molecule has 3 aliphatic rings. The SMILES string of the molecule is C=C1[C@H](O)CC(=CC=C2CCC[C@]3(C)[C@@H]([C@@H](C)CCC)CC[C@@H]23)C[C@H]1O. The van der Waals surface area contributed by atoms with Crippen molar-refractivity contribution in [2.24, 2.45) is 23.2 Å². The van der Waals surface area contributed by atoms with Crippen molar-refractivity contribution in [2.75, 3.05) is 0 Å². The molecule has 6 atom stereocenters. The Morgan fingerprint density at radius 2 is 1.88 bits per heavy atom. The number of hydrogen-bond acceptors (Lipinski definition) is 2. The number of aliphatic hydroxyl groups is 2. The van der Waals surface area contributed by atoms with E-state index in [1.165, 1.54) is 44.9 Å². The van der Waals surface area contributed by atoms with Gasteiger partial charge in [0.05, 0.1) is 12.2 Å². The van der Waals surface area contributed by atoms with Gasteiger partial charge in [0, 0.05) is 0 Å². The first-order valence-corrected chi connectivity index (χ1v) is 10.8. The molecule has 0 saturated heterocycles. The van der Waals surface area contributed by atoms with Crippen LogP contribution in [-0.4, -0.2) is 22.4 Å². The van der Waals surface area contributed by atoms with Gasteiger partial charge >= 0.3 is 0 Å². The number of fused-ring (bicyclic) bond motifs is 1. The van der Waals surface area contributed by atoms with Gasteiger partial charge in [0.25, 0.3) is 0 Å². The second-order valence-corrected chi connectivity index (χ2v) is 9.44. The van der Waals surface area contributed by atoms with E-state index >= 15 is 0 Å². The number of hydrogen-bond donors (Lipinski definition) is 2. The Hall–Kier alpha value is -0.860. The largest absolute Gasteiger partial charge is 0.388 e. The Bertz CT molecular complexity index is 571. The highest BCUT2D eigenvalue weighted by Crippen LogP contribution is 2.59. The standard InChI is InChI=1S/C24H38O2/c1-5-7-16(2)20-11-12-21-19(8-6-13-24(20,21)4)10-9-18-14-22(25)17(3)23(26)15-18/h9-10,16,20-23,25-26H,3,5-8,11-15H2,1-2,4H3/t16-,20+,21-,22+,23+,24+/m0/s1. The summed E-state index contributed by atoms with van der Waals surface area (Å²) in [7, 11) is 0. The normalized spacial score (nSPS) is 40.6. The molecular weight excluding hydrogens is 320 g/mol. The van der Waals surface area contributed by atoms with E-state index in [0.717, 1.165) is 23.3 Å². The minimum Gasteiger partial charge on any atom is -0.388 e. The monoisotopic (exact) mass is 358 g/mol. The Morgan fingerprint density at radius 1 is 1.19 bits per heavy atom. The second-order valence-electron chi connectivity index (χ2n) is 9.44. The molecule has 0 heterocycles. The van der Waals surface area contributed by atoms with Crippen LogP contribution in [0.25, 0.3) is 0 Å². The summed E-state index contributed by atoms with van der Waals surface area (Å²) in [6.07, 6.45) is 13.9. The molecule has 0 bridgehead atoms. The smallest absolute Gasteiger partial charge is 0.0809 e. The first-order valence-electron chi connectivity index (χ1n) is 10.8. The Balaban J connectivity index is 1.76. The van der Waals surface area contributed by atoms with Crippen LogP contribution in [0.4, 0.5) is 0 Å². The van der Waals surface area contributed by atoms with E-state index in [4.69, 9.17) is 0 Å². The molecule has 146 valence electrons. The van der Waals surface area contributed by atoms with Crippen molar-refractivity contribution in [2.45, 2.75) is 90.8 Å². The molecule has 0 aromatic heterocycles. The van der Waals surface area contributed by atoms with Crippen molar-refractivity contribution >= 4 is 0 Å². The summed E-state index contributed by atoms with van der Waals surface area (Å²) in [6.45, 7) is 11.1. The van der Waals surface area contributed by atoms with E-state index in [0.29, 0.717) is 23.8 Å². The summed E-state index contributed by atoms with van der Waals surface area (Å²) < 4.78 is 0. The molecule has 0 aromatic rings. The lowest BCUT2D eigenvalue weighted by Gasteiger charge is -2.44. The minimum atomic E-state index is -0.592. The summed E-state index contributed by atoms with van der Waals surface area (Å²) in [6, 6.07) is 0. The number of allylic oxidation sites excluding steroid dienone is 3. The van der Waals surface area contributed by atoms with Gasteiger partial charge < -0.3 is 10.2 Å². The average Bonchev–Trinajstić information content (AvgIpc) is 2.95. The summed E-state index contributed by atoms with van der Waals surface area (Å²) in [4.78, 5) is 0. The van der Waals surface area contributed by atoms with Crippen molar-refractivity contribution in [1.82, 2.24) is 0 Å². The fourth-order valence-electron chi connectivity index (χ4n) is 6.30. The van der Waals surface area contributed by atoms with Crippen LogP contribution < -0.4 is 0 Å². The van der Waals surface area contributed by atoms with E-state index in [2.05, 4.69) is 39.5 Å². The van der Waals surface area contributed by atoms with E-state index in [9.17, 15) is 10.2 Å². The van der Waals surface area contributed by atoms with Crippen LogP contribution in [0.2, 0.25) is 0 Å². The molecule has 26 heavy (non-hydrogen) atoms. The first-order chi connectivity index (χ1) is 12.4. The summed E-state index contributed by atoms with van der Waals surface area (Å²) in [5, 5.41) is 20.1. The molecule has 2 heteroatoms. The highest BCUT2D eigenvalue weighted by Gasteiger charge is 2.50. The quantitative estimate of drug-likeness (QED) is 0.646. The van der Waals surface area contributed by atoms with E-state index in [1.54, 1.807) is 5.57 Å². The topological polar surface area (TPSA) is 40.5 Å². The molecule has 0 unspecified atom stereocenters. The molecule has 3 aliphatic carbocycles.